The summed E-state index contributed by atoms with van der Waals surface area (Å²) in [6, 6.07) is 6.89. The minimum Gasteiger partial charge on any atom is -0.457 e. The summed E-state index contributed by atoms with van der Waals surface area (Å²) in [6.07, 6.45) is 2.72. The molecular weight excluding hydrogens is 404 g/mol. The summed E-state index contributed by atoms with van der Waals surface area (Å²) in [5.41, 5.74) is 1.51. The average molecular weight is 415 g/mol. The molecule has 0 saturated carbocycles. The van der Waals surface area contributed by atoms with E-state index in [9.17, 15) is 13.2 Å². The van der Waals surface area contributed by atoms with Crippen molar-refractivity contribution in [1.29, 1.82) is 0 Å². The Hall–Kier alpha value is -1.58. The largest absolute Gasteiger partial charge is 0.457 e. The van der Waals surface area contributed by atoms with Crippen LogP contribution in [0.1, 0.15) is 15.9 Å². The van der Waals surface area contributed by atoms with Crippen LogP contribution in [-0.4, -0.2) is 25.6 Å². The average Bonchev–Trinajstić information content (AvgIpc) is 2.81. The lowest BCUT2D eigenvalue weighted by atomic mass is 10.1. The predicted octanol–water partition coefficient (Wildman–Crippen LogP) is 3.04. The van der Waals surface area contributed by atoms with Gasteiger partial charge in [0.25, 0.3) is 0 Å². The highest BCUT2D eigenvalue weighted by atomic mass is 79.9. The maximum atomic E-state index is 11.7. The summed E-state index contributed by atoms with van der Waals surface area (Å²) in [5, 5.41) is 0.677. The lowest BCUT2D eigenvalue weighted by Gasteiger charge is -2.11. The Balaban J connectivity index is 2.03. The van der Waals surface area contributed by atoms with Gasteiger partial charge in [-0.15, -0.1) is 0 Å². The van der Waals surface area contributed by atoms with Gasteiger partial charge in [0.2, 0.25) is 10.0 Å². The summed E-state index contributed by atoms with van der Waals surface area (Å²) in [7, 11) is -3.45. The Morgan fingerprint density at radius 2 is 2.13 bits per heavy atom. The van der Waals surface area contributed by atoms with Crippen LogP contribution in [0.25, 0.3) is 0 Å². The zero-order valence-corrected chi connectivity index (χ0v) is 15.1. The van der Waals surface area contributed by atoms with E-state index >= 15 is 0 Å². The molecule has 0 radical (unpaired) electrons. The first kappa shape index (κ1) is 16.3. The molecule has 1 aliphatic rings. The molecule has 0 amide bonds. The van der Waals surface area contributed by atoms with Gasteiger partial charge in [-0.05, 0) is 40.2 Å². The van der Waals surface area contributed by atoms with Crippen molar-refractivity contribution < 1.29 is 17.9 Å². The number of ether oxygens (including phenoxy) is 1. The monoisotopic (exact) mass is 414 g/mol. The number of nitrogens with one attached hydrogen (secondary N) is 1. The van der Waals surface area contributed by atoms with Crippen LogP contribution in [-0.2, 0) is 21.4 Å². The van der Waals surface area contributed by atoms with E-state index in [1.54, 1.807) is 24.4 Å². The molecule has 0 saturated heterocycles. The topological polar surface area (TPSA) is 85.4 Å². The van der Waals surface area contributed by atoms with Crippen molar-refractivity contribution in [2.45, 2.75) is 16.5 Å². The van der Waals surface area contributed by atoms with Crippen molar-refractivity contribution in [3.63, 3.8) is 0 Å². The van der Waals surface area contributed by atoms with Gasteiger partial charge >= 0.3 is 5.97 Å². The number of rotatable bonds is 4. The highest BCUT2D eigenvalue weighted by Crippen LogP contribution is 2.37. The molecule has 9 heteroatoms. The smallest absolute Gasteiger partial charge is 0.338 e. The second kappa shape index (κ2) is 6.14. The van der Waals surface area contributed by atoms with Crippen molar-refractivity contribution in [2.24, 2.45) is 0 Å². The van der Waals surface area contributed by atoms with Gasteiger partial charge in [-0.3, -0.25) is 4.72 Å². The van der Waals surface area contributed by atoms with Gasteiger partial charge in [0, 0.05) is 21.1 Å². The number of anilines is 1. The third-order valence-corrected chi connectivity index (χ3v) is 5.06. The van der Waals surface area contributed by atoms with Crippen LogP contribution in [0.4, 0.5) is 5.69 Å². The van der Waals surface area contributed by atoms with Gasteiger partial charge in [0.05, 0.1) is 17.5 Å². The standard InChI is InChI=1S/C14H11BrN2O4S2/c1-23(19,20)17-11-4-8-7-21-14(18)10(8)5-12(11)22-13-3-2-9(15)6-16-13/h2-6,17H,7H2,1H3. The second-order valence-electron chi connectivity index (χ2n) is 4.87. The van der Waals surface area contributed by atoms with Crippen LogP contribution in [0.15, 0.2) is 44.9 Å². The SMILES string of the molecule is CS(=O)(=O)Nc1cc2c(cc1Sc1ccc(Br)cn1)C(=O)OC2. The maximum absolute atomic E-state index is 11.7. The molecule has 0 atom stereocenters. The van der Waals surface area contributed by atoms with Crippen molar-refractivity contribution in [2.75, 3.05) is 11.0 Å². The Labute approximate surface area is 145 Å². The lowest BCUT2D eigenvalue weighted by Crippen LogP contribution is -2.11. The summed E-state index contributed by atoms with van der Waals surface area (Å²) in [4.78, 5) is 16.6. The molecule has 1 aliphatic heterocycles. The highest BCUT2D eigenvalue weighted by Gasteiger charge is 2.24. The molecular formula is C14H11BrN2O4S2. The molecule has 0 aliphatic carbocycles. The minimum atomic E-state index is -3.45. The Kier molecular flexibility index (Phi) is 4.35. The van der Waals surface area contributed by atoms with Crippen molar-refractivity contribution in [1.82, 2.24) is 4.98 Å². The molecule has 1 N–H and O–H groups in total. The molecule has 1 aromatic heterocycles. The first-order chi connectivity index (χ1) is 10.8. The number of halogens is 1. The van der Waals surface area contributed by atoms with Gasteiger partial charge in [-0.2, -0.15) is 0 Å². The predicted molar refractivity (Wildman–Crippen MR) is 90.1 cm³/mol. The van der Waals surface area contributed by atoms with E-state index in [0.29, 0.717) is 26.7 Å². The fraction of sp³-hybridized carbons (Fsp3) is 0.143. The third-order valence-electron chi connectivity index (χ3n) is 2.99. The summed E-state index contributed by atoms with van der Waals surface area (Å²) in [6.45, 7) is 0.147. The molecule has 120 valence electrons. The molecule has 0 spiro atoms. The fourth-order valence-electron chi connectivity index (χ4n) is 2.05. The number of nitrogens with zero attached hydrogens (tertiary/aromatic N) is 1. The highest BCUT2D eigenvalue weighted by molar-refractivity contribution is 9.10. The van der Waals surface area contributed by atoms with E-state index in [2.05, 4.69) is 25.6 Å². The molecule has 6 nitrogen and oxygen atoms in total. The zero-order valence-electron chi connectivity index (χ0n) is 11.9. The van der Waals surface area contributed by atoms with Crippen LogP contribution in [0, 0.1) is 0 Å². The molecule has 2 aromatic rings. The quantitative estimate of drug-likeness (QED) is 0.773. The third kappa shape index (κ3) is 3.85. The number of cyclic esters (lactones) is 1. The molecule has 2 heterocycles. The normalized spacial score (nSPS) is 13.6. The lowest BCUT2D eigenvalue weighted by molar-refractivity contribution is 0.0535. The number of aromatic nitrogens is 1. The molecule has 0 fully saturated rings. The molecule has 0 bridgehead atoms. The van der Waals surface area contributed by atoms with Gasteiger partial charge in [-0.25, -0.2) is 18.2 Å². The van der Waals surface area contributed by atoms with Crippen LogP contribution < -0.4 is 4.72 Å². The van der Waals surface area contributed by atoms with E-state index in [1.165, 1.54) is 11.8 Å². The summed E-state index contributed by atoms with van der Waals surface area (Å²) in [5.74, 6) is -0.406. The Morgan fingerprint density at radius 3 is 2.78 bits per heavy atom. The number of esters is 1. The summed E-state index contributed by atoms with van der Waals surface area (Å²) < 4.78 is 31.4. The number of pyridine rings is 1. The molecule has 23 heavy (non-hydrogen) atoms. The first-order valence-electron chi connectivity index (χ1n) is 6.43. The number of carbonyl (C=O) groups excluding carboxylic acids is 1. The number of fused-ring (bicyclic) bond motifs is 1. The summed E-state index contributed by atoms with van der Waals surface area (Å²) >= 11 is 4.57. The molecule has 0 unspecified atom stereocenters. The number of benzene rings is 1. The van der Waals surface area contributed by atoms with Crippen molar-refractivity contribution >= 4 is 49.4 Å². The van der Waals surface area contributed by atoms with Crippen molar-refractivity contribution in [3.05, 3.63) is 46.1 Å². The van der Waals surface area contributed by atoms with E-state index in [0.717, 1.165) is 10.7 Å². The Bertz CT molecular complexity index is 882. The number of sulfonamides is 1. The van der Waals surface area contributed by atoms with Crippen LogP contribution in [0.2, 0.25) is 0 Å². The second-order valence-corrected chi connectivity index (χ2v) is 8.60. The maximum Gasteiger partial charge on any atom is 0.338 e. The zero-order chi connectivity index (χ0) is 16.6. The van der Waals surface area contributed by atoms with Crippen LogP contribution in [0.5, 0.6) is 0 Å². The van der Waals surface area contributed by atoms with Crippen LogP contribution in [0.3, 0.4) is 0 Å². The van der Waals surface area contributed by atoms with E-state index in [4.69, 9.17) is 4.74 Å². The minimum absolute atomic E-state index is 0.147. The van der Waals surface area contributed by atoms with E-state index in [1.807, 2.05) is 6.07 Å². The fourth-order valence-corrected chi connectivity index (χ4v) is 3.79. The van der Waals surface area contributed by atoms with Gasteiger partial charge in [0.1, 0.15) is 11.6 Å². The van der Waals surface area contributed by atoms with Gasteiger partial charge < -0.3 is 4.74 Å². The van der Waals surface area contributed by atoms with E-state index < -0.39 is 16.0 Å². The van der Waals surface area contributed by atoms with Crippen molar-refractivity contribution in [3.8, 4) is 0 Å². The number of carbonyl (C=O) groups is 1. The van der Waals surface area contributed by atoms with Gasteiger partial charge in [0.15, 0.2) is 0 Å². The van der Waals surface area contributed by atoms with Crippen LogP contribution >= 0.6 is 27.7 Å². The molecule has 3 rings (SSSR count). The van der Waals surface area contributed by atoms with Gasteiger partial charge in [-0.1, -0.05) is 11.8 Å². The van der Waals surface area contributed by atoms with E-state index in [-0.39, 0.29) is 6.61 Å². The first-order valence-corrected chi connectivity index (χ1v) is 9.93. The number of hydrogen-bond donors (Lipinski definition) is 1. The molecule has 1 aromatic carbocycles. The Morgan fingerprint density at radius 1 is 1.35 bits per heavy atom. The number of hydrogen-bond acceptors (Lipinski definition) is 6.